The molecule has 1 heteroatoms. The fraction of sp³-hybridized carbons (Fsp3) is 0.364. The number of rotatable bonds is 2. The van der Waals surface area contributed by atoms with Crippen LogP contribution in [0.3, 0.4) is 0 Å². The Morgan fingerprint density at radius 2 is 1.83 bits per heavy atom. The maximum atomic E-state index is 4.58. The Kier molecular flexibility index (Phi) is 1.94. The number of benzene rings is 1. The quantitative estimate of drug-likeness (QED) is 0.629. The highest BCUT2D eigenvalue weighted by atomic mass is 14.8. The average Bonchev–Trinajstić information content (AvgIpc) is 2.90. The molecule has 0 amide bonds. The van der Waals surface area contributed by atoms with Crippen LogP contribution in [0, 0.1) is 0 Å². The topological polar surface area (TPSA) is 12.4 Å². The predicted molar refractivity (Wildman–Crippen MR) is 51.5 cm³/mol. The summed E-state index contributed by atoms with van der Waals surface area (Å²) in [6, 6.07) is 10.8. The fourth-order valence-electron chi connectivity index (χ4n) is 1.26. The zero-order chi connectivity index (χ0) is 8.39. The Hall–Kier alpha value is -1.11. The highest BCUT2D eigenvalue weighted by Crippen LogP contribution is 2.22. The fourth-order valence-corrected chi connectivity index (χ4v) is 1.26. The summed E-state index contributed by atoms with van der Waals surface area (Å²) in [5, 5.41) is 0. The van der Waals surface area contributed by atoms with Crippen molar-refractivity contribution in [2.45, 2.75) is 25.8 Å². The van der Waals surface area contributed by atoms with Gasteiger partial charge in [-0.3, -0.25) is 4.99 Å². The lowest BCUT2D eigenvalue weighted by Gasteiger charge is -2.04. The van der Waals surface area contributed by atoms with E-state index in [1.54, 1.807) is 0 Å². The molecule has 1 aliphatic rings. The Morgan fingerprint density at radius 1 is 1.17 bits per heavy atom. The molecule has 0 aliphatic heterocycles. The molecule has 0 bridgehead atoms. The molecule has 12 heavy (non-hydrogen) atoms. The molecule has 62 valence electrons. The van der Waals surface area contributed by atoms with Crippen LogP contribution in [0.15, 0.2) is 35.3 Å². The summed E-state index contributed by atoms with van der Waals surface area (Å²) >= 11 is 0. The van der Waals surface area contributed by atoms with Crippen LogP contribution < -0.4 is 0 Å². The van der Waals surface area contributed by atoms with Crippen LogP contribution in [-0.2, 0) is 0 Å². The first-order valence-electron chi connectivity index (χ1n) is 4.47. The molecule has 1 saturated carbocycles. The molecule has 1 aromatic carbocycles. The van der Waals surface area contributed by atoms with Gasteiger partial charge < -0.3 is 0 Å². The van der Waals surface area contributed by atoms with Crippen molar-refractivity contribution in [1.82, 2.24) is 0 Å². The zero-order valence-corrected chi connectivity index (χ0v) is 7.33. The highest BCUT2D eigenvalue weighted by molar-refractivity contribution is 5.98. The first kappa shape index (κ1) is 7.53. The van der Waals surface area contributed by atoms with Crippen LogP contribution >= 0.6 is 0 Å². The van der Waals surface area contributed by atoms with Crippen molar-refractivity contribution >= 4 is 5.71 Å². The van der Waals surface area contributed by atoms with Crippen LogP contribution in [-0.4, -0.2) is 5.71 Å². The van der Waals surface area contributed by atoms with Gasteiger partial charge in [0.05, 0.1) is 6.04 Å². The monoisotopic (exact) mass is 159 g/mol. The Balaban J connectivity index is 2.14. The Morgan fingerprint density at radius 3 is 2.42 bits per heavy atom. The van der Waals surface area contributed by atoms with E-state index in [1.807, 2.05) is 6.07 Å². The summed E-state index contributed by atoms with van der Waals surface area (Å²) in [7, 11) is 0. The van der Waals surface area contributed by atoms with Gasteiger partial charge in [0.2, 0.25) is 0 Å². The Bertz CT molecular complexity index is 281. The number of nitrogens with zero attached hydrogens (tertiary/aromatic N) is 1. The van der Waals surface area contributed by atoms with Gasteiger partial charge in [-0.15, -0.1) is 0 Å². The second kappa shape index (κ2) is 3.10. The lowest BCUT2D eigenvalue weighted by atomic mass is 10.1. The molecule has 0 saturated heterocycles. The predicted octanol–water partition coefficient (Wildman–Crippen LogP) is 2.98. The van der Waals surface area contributed by atoms with Gasteiger partial charge in [-0.25, -0.2) is 0 Å². The van der Waals surface area contributed by atoms with E-state index in [1.165, 1.54) is 24.1 Å². The minimum Gasteiger partial charge on any atom is -0.286 e. The second-order valence-corrected chi connectivity index (χ2v) is 3.28. The molecule has 2 rings (SSSR count). The van der Waals surface area contributed by atoms with E-state index in [2.05, 4.69) is 36.2 Å². The second-order valence-electron chi connectivity index (χ2n) is 3.28. The third-order valence-corrected chi connectivity index (χ3v) is 2.13. The summed E-state index contributed by atoms with van der Waals surface area (Å²) in [4.78, 5) is 4.58. The van der Waals surface area contributed by atoms with Crippen LogP contribution in [0.25, 0.3) is 0 Å². The number of hydrogen-bond donors (Lipinski definition) is 0. The van der Waals surface area contributed by atoms with Gasteiger partial charge in [-0.2, -0.15) is 0 Å². The molecule has 0 aromatic heterocycles. The van der Waals surface area contributed by atoms with Crippen LogP contribution in [0.1, 0.15) is 31.4 Å². The average molecular weight is 159 g/mol. The summed E-state index contributed by atoms with van der Waals surface area (Å²) in [6.07, 6.45) is 2.44. The van der Waals surface area contributed by atoms with Gasteiger partial charge in [0.25, 0.3) is 0 Å². The molecule has 0 heterocycles. The smallest absolute Gasteiger partial charge is 0.0720 e. The van der Waals surface area contributed by atoms with E-state index in [4.69, 9.17) is 0 Å². The number of hydrogen-bond acceptors (Lipinski definition) is 1. The molecule has 1 nitrogen and oxygen atoms in total. The normalized spacial score (nSPS) is 17.2. The highest BCUT2D eigenvalue weighted by Gasteiger charge is 2.14. The van der Waals surface area contributed by atoms with Gasteiger partial charge in [0.1, 0.15) is 0 Å². The molecule has 0 radical (unpaired) electrons. The van der Waals surface area contributed by atoms with E-state index in [9.17, 15) is 0 Å². The van der Waals surface area contributed by atoms with Crippen molar-refractivity contribution in [3.8, 4) is 0 Å². The maximum Gasteiger partial charge on any atom is 0.0720 e. The first-order valence-corrected chi connectivity index (χ1v) is 4.47. The molecular weight excluding hydrogens is 146 g/mol. The third-order valence-electron chi connectivity index (χ3n) is 2.13. The lowest BCUT2D eigenvalue weighted by Crippen LogP contribution is -1.88. The molecule has 0 spiro atoms. The standard InChI is InChI=1S/C11H13N/c1-9(12-11-7-8-11)10-5-3-2-4-6-10/h2-6,9H,7-8H2,1H3/t9-/m1/s1. The van der Waals surface area contributed by atoms with Gasteiger partial charge in [-0.05, 0) is 25.3 Å². The SMILES string of the molecule is C[C@@H](N=C1CC1)c1ccccc1. The summed E-state index contributed by atoms with van der Waals surface area (Å²) in [5.41, 5.74) is 2.70. The van der Waals surface area contributed by atoms with Crippen LogP contribution in [0.4, 0.5) is 0 Å². The first-order chi connectivity index (χ1) is 5.86. The van der Waals surface area contributed by atoms with E-state index >= 15 is 0 Å². The van der Waals surface area contributed by atoms with Gasteiger partial charge in [0, 0.05) is 5.71 Å². The van der Waals surface area contributed by atoms with Crippen molar-refractivity contribution in [1.29, 1.82) is 0 Å². The molecule has 0 unspecified atom stereocenters. The van der Waals surface area contributed by atoms with E-state index in [0.717, 1.165) is 0 Å². The Labute approximate surface area is 73.1 Å². The molecule has 1 fully saturated rings. The van der Waals surface area contributed by atoms with E-state index in [-0.39, 0.29) is 0 Å². The van der Waals surface area contributed by atoms with Crippen molar-refractivity contribution in [3.63, 3.8) is 0 Å². The lowest BCUT2D eigenvalue weighted by molar-refractivity contribution is 0.823. The minimum absolute atomic E-state index is 0.351. The maximum absolute atomic E-state index is 4.58. The molecule has 1 aliphatic carbocycles. The van der Waals surface area contributed by atoms with Crippen molar-refractivity contribution in [2.24, 2.45) is 4.99 Å². The van der Waals surface area contributed by atoms with Crippen LogP contribution in [0.5, 0.6) is 0 Å². The molecule has 1 atom stereocenters. The zero-order valence-electron chi connectivity index (χ0n) is 7.33. The van der Waals surface area contributed by atoms with E-state index in [0.29, 0.717) is 6.04 Å². The number of aliphatic imine (C=N–C) groups is 1. The summed E-state index contributed by atoms with van der Waals surface area (Å²) < 4.78 is 0. The summed E-state index contributed by atoms with van der Waals surface area (Å²) in [5.74, 6) is 0. The van der Waals surface area contributed by atoms with E-state index < -0.39 is 0 Å². The molecular formula is C11H13N. The van der Waals surface area contributed by atoms with Crippen molar-refractivity contribution in [2.75, 3.05) is 0 Å². The van der Waals surface area contributed by atoms with Crippen LogP contribution in [0.2, 0.25) is 0 Å². The van der Waals surface area contributed by atoms with Gasteiger partial charge in [0.15, 0.2) is 0 Å². The largest absolute Gasteiger partial charge is 0.286 e. The third kappa shape index (κ3) is 1.73. The van der Waals surface area contributed by atoms with Crippen molar-refractivity contribution < 1.29 is 0 Å². The van der Waals surface area contributed by atoms with Gasteiger partial charge >= 0.3 is 0 Å². The molecule has 0 N–H and O–H groups in total. The molecule has 1 aromatic rings. The van der Waals surface area contributed by atoms with Gasteiger partial charge in [-0.1, -0.05) is 30.3 Å². The minimum atomic E-state index is 0.351. The summed E-state index contributed by atoms with van der Waals surface area (Å²) in [6.45, 7) is 2.15. The van der Waals surface area contributed by atoms with Crippen molar-refractivity contribution in [3.05, 3.63) is 35.9 Å².